The zero-order chi connectivity index (χ0) is 23.8. The average molecular weight is 477 g/mol. The predicted molar refractivity (Wildman–Crippen MR) is 127 cm³/mol. The summed E-state index contributed by atoms with van der Waals surface area (Å²) in [5.74, 6) is 0.765. The highest BCUT2D eigenvalue weighted by Gasteiger charge is 2.38. The maximum Gasteiger partial charge on any atom is 0.247 e. The Balaban J connectivity index is 1.69. The van der Waals surface area contributed by atoms with Crippen LogP contribution < -0.4 is 4.74 Å². The van der Waals surface area contributed by atoms with E-state index in [1.165, 1.54) is 9.88 Å². The van der Waals surface area contributed by atoms with Crippen molar-refractivity contribution in [2.45, 2.75) is 69.4 Å². The number of rotatable bonds is 7. The topological polar surface area (TPSA) is 87.2 Å². The Morgan fingerprint density at radius 1 is 1.33 bits per heavy atom. The summed E-state index contributed by atoms with van der Waals surface area (Å²) < 4.78 is 34.9. The Kier molecular flexibility index (Phi) is 7.17. The quantitative estimate of drug-likeness (QED) is 0.653. The molecule has 4 rings (SSSR count). The molecule has 0 radical (unpaired) electrons. The molecule has 0 saturated heterocycles. The van der Waals surface area contributed by atoms with Gasteiger partial charge in [0.05, 0.1) is 13.2 Å². The van der Waals surface area contributed by atoms with Crippen molar-refractivity contribution in [1.29, 1.82) is 0 Å². The minimum absolute atomic E-state index is 0.105. The van der Waals surface area contributed by atoms with Crippen molar-refractivity contribution >= 4 is 21.5 Å². The Bertz CT molecular complexity index is 1020. The van der Waals surface area contributed by atoms with Crippen LogP contribution in [0.1, 0.15) is 57.9 Å². The highest BCUT2D eigenvalue weighted by Crippen LogP contribution is 2.38. The van der Waals surface area contributed by atoms with Crippen LogP contribution in [0.4, 0.5) is 0 Å². The van der Waals surface area contributed by atoms with Crippen LogP contribution in [-0.4, -0.2) is 67.5 Å². The van der Waals surface area contributed by atoms with Crippen LogP contribution in [-0.2, 0) is 14.8 Å². The molecule has 1 N–H and O–H groups in total. The highest BCUT2D eigenvalue weighted by molar-refractivity contribution is 7.89. The number of nitrogens with zero attached hydrogens (tertiary/aromatic N) is 2. The predicted octanol–water partition coefficient (Wildman–Crippen LogP) is 3.28. The molecular weight excluding hydrogens is 440 g/mol. The monoisotopic (exact) mass is 476 g/mol. The minimum Gasteiger partial charge on any atom is -0.487 e. The third kappa shape index (κ3) is 5.28. The number of carbonyl (C=O) groups is 1. The van der Waals surface area contributed by atoms with Crippen LogP contribution in [0, 0.1) is 11.8 Å². The summed E-state index contributed by atoms with van der Waals surface area (Å²) in [6, 6.07) is 4.76. The van der Waals surface area contributed by atoms with Gasteiger partial charge >= 0.3 is 0 Å². The molecule has 1 aromatic rings. The molecule has 1 heterocycles. The van der Waals surface area contributed by atoms with Gasteiger partial charge in [0.2, 0.25) is 15.9 Å². The lowest BCUT2D eigenvalue weighted by atomic mass is 10.0. The van der Waals surface area contributed by atoms with Crippen LogP contribution in [0.15, 0.2) is 29.2 Å². The molecule has 182 valence electrons. The lowest BCUT2D eigenvalue weighted by molar-refractivity contribution is -0.131. The molecule has 1 amide bonds. The molecule has 1 aromatic carbocycles. The van der Waals surface area contributed by atoms with Gasteiger partial charge in [0.15, 0.2) is 0 Å². The molecule has 8 heteroatoms. The van der Waals surface area contributed by atoms with Gasteiger partial charge in [0, 0.05) is 32.0 Å². The van der Waals surface area contributed by atoms with Crippen molar-refractivity contribution in [3.63, 3.8) is 0 Å². The molecule has 33 heavy (non-hydrogen) atoms. The van der Waals surface area contributed by atoms with Crippen LogP contribution >= 0.6 is 0 Å². The fraction of sp³-hybridized carbons (Fsp3) is 0.640. The molecule has 3 aliphatic rings. The van der Waals surface area contributed by atoms with E-state index in [0.717, 1.165) is 37.7 Å². The van der Waals surface area contributed by atoms with E-state index < -0.39 is 16.1 Å². The Labute approximate surface area is 197 Å². The van der Waals surface area contributed by atoms with Crippen LogP contribution in [0.25, 0.3) is 5.57 Å². The second kappa shape index (κ2) is 9.76. The number of amides is 1. The number of aliphatic hydroxyl groups is 1. The summed E-state index contributed by atoms with van der Waals surface area (Å²) >= 11 is 0. The van der Waals surface area contributed by atoms with E-state index >= 15 is 0 Å². The van der Waals surface area contributed by atoms with Crippen molar-refractivity contribution in [3.8, 4) is 5.75 Å². The molecule has 0 aromatic heterocycles. The standard InChI is InChI=1S/C25H36N2O5S/c1-17-14-27(18(2)16-28)33(30,31)24-11-10-21(20-6-4-5-7-20)13-22(24)32-23(17)15-26(3)25(29)12-19-8-9-19/h6,10-11,13,17-19,23,28H,4-5,7-9,12,14-16H2,1-3H3/t17-,18-,23+/m1/s1. The normalized spacial score (nSPS) is 25.9. The van der Waals surface area contributed by atoms with Crippen LogP contribution in [0.5, 0.6) is 5.75 Å². The van der Waals surface area contributed by atoms with Gasteiger partial charge in [-0.05, 0) is 68.2 Å². The maximum atomic E-state index is 13.6. The van der Waals surface area contributed by atoms with Gasteiger partial charge in [-0.2, -0.15) is 4.31 Å². The first-order valence-electron chi connectivity index (χ1n) is 12.1. The molecular formula is C25H36N2O5S. The first-order valence-corrected chi connectivity index (χ1v) is 13.5. The van der Waals surface area contributed by atoms with Gasteiger partial charge < -0.3 is 14.7 Å². The molecule has 2 aliphatic carbocycles. The largest absolute Gasteiger partial charge is 0.487 e. The zero-order valence-electron chi connectivity index (χ0n) is 19.9. The van der Waals surface area contributed by atoms with Crippen molar-refractivity contribution in [1.82, 2.24) is 9.21 Å². The summed E-state index contributed by atoms with van der Waals surface area (Å²) in [4.78, 5) is 14.5. The summed E-state index contributed by atoms with van der Waals surface area (Å²) in [5, 5.41) is 9.78. The molecule has 7 nitrogen and oxygen atoms in total. The fourth-order valence-electron chi connectivity index (χ4n) is 4.67. The smallest absolute Gasteiger partial charge is 0.247 e. The SMILES string of the molecule is C[C@@H]1CN([C@H](C)CO)S(=O)(=O)c2ccc(C3=CCCC3)cc2O[C@H]1CN(C)C(=O)CC1CC1. The molecule has 1 aliphatic heterocycles. The molecule has 0 unspecified atom stereocenters. The Morgan fingerprint density at radius 2 is 2.09 bits per heavy atom. The minimum atomic E-state index is -3.85. The number of fused-ring (bicyclic) bond motifs is 1. The Morgan fingerprint density at radius 3 is 2.73 bits per heavy atom. The second-order valence-corrected chi connectivity index (χ2v) is 11.8. The number of likely N-dealkylation sites (N-methyl/N-ethyl adjacent to an activating group) is 1. The molecule has 0 spiro atoms. The number of hydrogen-bond acceptors (Lipinski definition) is 5. The number of benzene rings is 1. The summed E-state index contributed by atoms with van der Waals surface area (Å²) in [7, 11) is -2.06. The zero-order valence-corrected chi connectivity index (χ0v) is 20.7. The van der Waals surface area contributed by atoms with Gasteiger partial charge in [0.1, 0.15) is 16.7 Å². The first-order chi connectivity index (χ1) is 15.7. The fourth-order valence-corrected chi connectivity index (χ4v) is 6.50. The highest BCUT2D eigenvalue weighted by atomic mass is 32.2. The number of sulfonamides is 1. The number of allylic oxidation sites excluding steroid dienone is 2. The van der Waals surface area contributed by atoms with Gasteiger partial charge in [-0.1, -0.05) is 19.1 Å². The van der Waals surface area contributed by atoms with E-state index in [2.05, 4.69) is 6.08 Å². The molecule has 1 fully saturated rings. The first kappa shape index (κ1) is 24.2. The molecule has 1 saturated carbocycles. The van der Waals surface area contributed by atoms with E-state index in [-0.39, 0.29) is 36.0 Å². The maximum absolute atomic E-state index is 13.6. The van der Waals surface area contributed by atoms with Crippen molar-refractivity contribution in [2.24, 2.45) is 11.8 Å². The van der Waals surface area contributed by atoms with Crippen molar-refractivity contribution in [3.05, 3.63) is 29.8 Å². The van der Waals surface area contributed by atoms with E-state index in [1.54, 1.807) is 24.9 Å². The van der Waals surface area contributed by atoms with E-state index in [1.807, 2.05) is 19.1 Å². The van der Waals surface area contributed by atoms with Crippen molar-refractivity contribution in [2.75, 3.05) is 26.7 Å². The van der Waals surface area contributed by atoms with Crippen molar-refractivity contribution < 1.29 is 23.1 Å². The number of aliphatic hydroxyl groups excluding tert-OH is 1. The third-order valence-corrected chi connectivity index (χ3v) is 9.14. The van der Waals surface area contributed by atoms with Gasteiger partial charge in [0.25, 0.3) is 0 Å². The Hall–Kier alpha value is -1.90. The summed E-state index contributed by atoms with van der Waals surface area (Å²) in [6.07, 6.45) is 7.73. The van der Waals surface area contributed by atoms with Gasteiger partial charge in [-0.3, -0.25) is 4.79 Å². The lowest BCUT2D eigenvalue weighted by Crippen LogP contribution is -2.50. The van der Waals surface area contributed by atoms with Crippen LogP contribution in [0.3, 0.4) is 0 Å². The van der Waals surface area contributed by atoms with E-state index in [0.29, 0.717) is 24.6 Å². The number of carbonyl (C=O) groups excluding carboxylic acids is 1. The number of hydrogen-bond donors (Lipinski definition) is 1. The van der Waals surface area contributed by atoms with Gasteiger partial charge in [-0.15, -0.1) is 0 Å². The average Bonchev–Trinajstić information content (AvgIpc) is 3.43. The second-order valence-electron chi connectivity index (χ2n) is 9.94. The molecule has 0 bridgehead atoms. The third-order valence-electron chi connectivity index (χ3n) is 7.12. The number of ether oxygens (including phenoxy) is 1. The summed E-state index contributed by atoms with van der Waals surface area (Å²) in [5.41, 5.74) is 2.19. The summed E-state index contributed by atoms with van der Waals surface area (Å²) in [6.45, 7) is 4.00. The van der Waals surface area contributed by atoms with Gasteiger partial charge in [-0.25, -0.2) is 8.42 Å². The molecule has 3 atom stereocenters. The van der Waals surface area contributed by atoms with E-state index in [9.17, 15) is 18.3 Å². The lowest BCUT2D eigenvalue weighted by Gasteiger charge is -2.37. The van der Waals surface area contributed by atoms with Crippen LogP contribution in [0.2, 0.25) is 0 Å². The van der Waals surface area contributed by atoms with E-state index in [4.69, 9.17) is 4.74 Å².